The van der Waals surface area contributed by atoms with Gasteiger partial charge in [-0.15, -0.1) is 0 Å². The molecule has 0 saturated carbocycles. The zero-order chi connectivity index (χ0) is 21.1. The molecule has 0 aliphatic carbocycles. The van der Waals surface area contributed by atoms with E-state index in [0.717, 1.165) is 4.57 Å². The van der Waals surface area contributed by atoms with Gasteiger partial charge in [-0.05, 0) is 24.6 Å². The summed E-state index contributed by atoms with van der Waals surface area (Å²) in [6.45, 7) is 1.22. The van der Waals surface area contributed by atoms with Crippen molar-refractivity contribution in [1.29, 1.82) is 0 Å². The molecule has 0 saturated heterocycles. The fraction of sp³-hybridized carbons (Fsp3) is 0.316. The van der Waals surface area contributed by atoms with Crippen molar-refractivity contribution in [2.75, 3.05) is 7.05 Å². The van der Waals surface area contributed by atoms with Crippen molar-refractivity contribution >= 4 is 22.9 Å². The van der Waals surface area contributed by atoms with Crippen molar-refractivity contribution < 1.29 is 18.7 Å². The molecular formula is C19H20FN5O4. The number of likely N-dealkylation sites (N-methyl/N-ethyl adjacent to an activating group) is 1. The molecule has 0 N–H and O–H groups in total. The van der Waals surface area contributed by atoms with E-state index in [1.54, 1.807) is 19.2 Å². The summed E-state index contributed by atoms with van der Waals surface area (Å²) in [5, 5.41) is 4.24. The number of aromatic nitrogens is 4. The maximum Gasteiger partial charge on any atom is 0.326 e. The number of esters is 1. The Balaban J connectivity index is 1.62. The third kappa shape index (κ3) is 4.48. The molecule has 29 heavy (non-hydrogen) atoms. The summed E-state index contributed by atoms with van der Waals surface area (Å²) < 4.78 is 21.0. The van der Waals surface area contributed by atoms with Gasteiger partial charge in [-0.3, -0.25) is 23.6 Å². The molecule has 1 unspecified atom stereocenters. The average Bonchev–Trinajstić information content (AvgIpc) is 3.05. The maximum atomic E-state index is 13.3. The van der Waals surface area contributed by atoms with Crippen molar-refractivity contribution in [2.24, 2.45) is 7.05 Å². The number of nitrogens with zero attached hydrogens (tertiary/aromatic N) is 5. The van der Waals surface area contributed by atoms with Crippen LogP contribution in [0.2, 0.25) is 0 Å². The molecule has 0 bridgehead atoms. The molecule has 2 aromatic heterocycles. The fourth-order valence-electron chi connectivity index (χ4n) is 2.90. The molecule has 3 rings (SSSR count). The number of rotatable bonds is 6. The van der Waals surface area contributed by atoms with Crippen LogP contribution < -0.4 is 5.56 Å². The first-order valence-corrected chi connectivity index (χ1v) is 8.82. The topological polar surface area (TPSA) is 99.3 Å². The summed E-state index contributed by atoms with van der Waals surface area (Å²) in [5.74, 6) is -1.60. The second-order valence-corrected chi connectivity index (χ2v) is 6.64. The predicted octanol–water partition coefficient (Wildman–Crippen LogP) is 0.859. The Morgan fingerprint density at radius 1 is 1.34 bits per heavy atom. The van der Waals surface area contributed by atoms with Crippen molar-refractivity contribution in [1.82, 2.24) is 24.2 Å². The first-order chi connectivity index (χ1) is 13.8. The molecule has 2 heterocycles. The Morgan fingerprint density at radius 3 is 2.83 bits per heavy atom. The lowest BCUT2D eigenvalue weighted by Crippen LogP contribution is -2.38. The lowest BCUT2D eigenvalue weighted by molar-refractivity contribution is -0.159. The largest absolute Gasteiger partial charge is 0.451 e. The van der Waals surface area contributed by atoms with Crippen LogP contribution in [-0.2, 0) is 34.5 Å². The second-order valence-electron chi connectivity index (χ2n) is 6.64. The molecule has 152 valence electrons. The van der Waals surface area contributed by atoms with E-state index >= 15 is 0 Å². The number of fused-ring (bicyclic) bond motifs is 1. The van der Waals surface area contributed by atoms with Crippen LogP contribution in [0.1, 0.15) is 12.5 Å². The lowest BCUT2D eigenvalue weighted by atomic mass is 10.2. The van der Waals surface area contributed by atoms with Gasteiger partial charge in [0.05, 0.1) is 6.20 Å². The van der Waals surface area contributed by atoms with Gasteiger partial charge in [0.2, 0.25) is 0 Å². The highest BCUT2D eigenvalue weighted by atomic mass is 19.1. The molecule has 1 aromatic carbocycles. The van der Waals surface area contributed by atoms with E-state index in [9.17, 15) is 18.8 Å². The molecule has 0 aliphatic heterocycles. The minimum absolute atomic E-state index is 0.166. The van der Waals surface area contributed by atoms with E-state index in [-0.39, 0.29) is 18.5 Å². The van der Waals surface area contributed by atoms with E-state index < -0.39 is 29.4 Å². The molecule has 10 heteroatoms. The Kier molecular flexibility index (Phi) is 5.71. The first kappa shape index (κ1) is 20.2. The number of halogens is 1. The quantitative estimate of drug-likeness (QED) is 0.568. The van der Waals surface area contributed by atoms with Crippen LogP contribution in [0, 0.1) is 5.82 Å². The van der Waals surface area contributed by atoms with Gasteiger partial charge >= 0.3 is 5.97 Å². The Labute approximate surface area is 165 Å². The van der Waals surface area contributed by atoms with Gasteiger partial charge in [-0.25, -0.2) is 9.37 Å². The fourth-order valence-corrected chi connectivity index (χ4v) is 2.90. The zero-order valence-electron chi connectivity index (χ0n) is 16.2. The SMILES string of the molecule is CC(OC(=O)Cn1cnc2c(cnn2C)c1=O)C(=O)N(C)Cc1cccc(F)c1. The smallest absolute Gasteiger partial charge is 0.326 e. The molecular weight excluding hydrogens is 381 g/mol. The third-order valence-corrected chi connectivity index (χ3v) is 4.36. The molecule has 0 spiro atoms. The number of carbonyl (C=O) groups excluding carboxylic acids is 2. The summed E-state index contributed by atoms with van der Waals surface area (Å²) in [5.41, 5.74) is 0.589. The summed E-state index contributed by atoms with van der Waals surface area (Å²) in [6.07, 6.45) is 1.54. The number of benzene rings is 1. The van der Waals surface area contributed by atoms with E-state index in [4.69, 9.17) is 4.74 Å². The minimum Gasteiger partial charge on any atom is -0.451 e. The molecule has 3 aromatic rings. The first-order valence-electron chi connectivity index (χ1n) is 8.82. The number of aryl methyl sites for hydroxylation is 1. The standard InChI is InChI=1S/C19H20FN5O4/c1-12(18(27)23(2)9-13-5-4-6-14(20)7-13)29-16(26)10-25-11-21-17-15(19(25)28)8-22-24(17)3/h4-8,11-12H,9-10H2,1-3H3. The Hall–Kier alpha value is -3.56. The zero-order valence-corrected chi connectivity index (χ0v) is 16.2. The van der Waals surface area contributed by atoms with Crippen LogP contribution in [0.15, 0.2) is 41.6 Å². The van der Waals surface area contributed by atoms with Crippen LogP contribution in [0.3, 0.4) is 0 Å². The van der Waals surface area contributed by atoms with E-state index in [2.05, 4.69) is 10.1 Å². The molecule has 1 amide bonds. The Morgan fingerprint density at radius 2 is 2.10 bits per heavy atom. The Bertz CT molecular complexity index is 1120. The second kappa shape index (κ2) is 8.21. The number of hydrogen-bond donors (Lipinski definition) is 0. The lowest BCUT2D eigenvalue weighted by Gasteiger charge is -2.21. The van der Waals surface area contributed by atoms with Gasteiger partial charge in [0, 0.05) is 20.6 Å². The van der Waals surface area contributed by atoms with Crippen LogP contribution in [0.25, 0.3) is 11.0 Å². The van der Waals surface area contributed by atoms with Crippen LogP contribution >= 0.6 is 0 Å². The van der Waals surface area contributed by atoms with Gasteiger partial charge in [-0.1, -0.05) is 12.1 Å². The van der Waals surface area contributed by atoms with Crippen molar-refractivity contribution in [2.45, 2.75) is 26.1 Å². The summed E-state index contributed by atoms with van der Waals surface area (Å²) in [4.78, 5) is 42.5. The van der Waals surface area contributed by atoms with Gasteiger partial charge in [-0.2, -0.15) is 5.10 Å². The van der Waals surface area contributed by atoms with Crippen LogP contribution in [-0.4, -0.2) is 49.3 Å². The number of ether oxygens (including phenoxy) is 1. The highest BCUT2D eigenvalue weighted by Gasteiger charge is 2.22. The van der Waals surface area contributed by atoms with Gasteiger partial charge in [0.25, 0.3) is 11.5 Å². The van der Waals surface area contributed by atoms with E-state index in [1.165, 1.54) is 48.2 Å². The number of carbonyl (C=O) groups is 2. The number of amides is 1. The monoisotopic (exact) mass is 401 g/mol. The maximum absolute atomic E-state index is 13.3. The summed E-state index contributed by atoms with van der Waals surface area (Å²) in [7, 11) is 3.18. The third-order valence-electron chi connectivity index (χ3n) is 4.36. The van der Waals surface area contributed by atoms with Crippen molar-refractivity contribution in [3.8, 4) is 0 Å². The summed E-state index contributed by atoms with van der Waals surface area (Å²) >= 11 is 0. The van der Waals surface area contributed by atoms with Crippen LogP contribution in [0.4, 0.5) is 4.39 Å². The predicted molar refractivity (Wildman–Crippen MR) is 101 cm³/mol. The molecule has 1 atom stereocenters. The van der Waals surface area contributed by atoms with Crippen LogP contribution in [0.5, 0.6) is 0 Å². The minimum atomic E-state index is -1.06. The average molecular weight is 401 g/mol. The van der Waals surface area contributed by atoms with Gasteiger partial charge in [0.1, 0.15) is 24.1 Å². The normalized spacial score (nSPS) is 12.0. The molecule has 0 aliphatic rings. The highest BCUT2D eigenvalue weighted by Crippen LogP contribution is 2.09. The van der Waals surface area contributed by atoms with Gasteiger partial charge in [0.15, 0.2) is 11.8 Å². The van der Waals surface area contributed by atoms with E-state index in [1.807, 2.05) is 0 Å². The van der Waals surface area contributed by atoms with Gasteiger partial charge < -0.3 is 9.64 Å². The van der Waals surface area contributed by atoms with Crippen molar-refractivity contribution in [3.63, 3.8) is 0 Å². The highest BCUT2D eigenvalue weighted by molar-refractivity contribution is 5.83. The molecule has 9 nitrogen and oxygen atoms in total. The summed E-state index contributed by atoms with van der Waals surface area (Å²) in [6, 6.07) is 5.89. The van der Waals surface area contributed by atoms with Crippen molar-refractivity contribution in [3.05, 3.63) is 58.5 Å². The molecule has 0 radical (unpaired) electrons. The molecule has 0 fully saturated rings. The van der Waals surface area contributed by atoms with E-state index in [0.29, 0.717) is 11.2 Å². The number of hydrogen-bond acceptors (Lipinski definition) is 6.